The molecular weight excluding hydrogens is 282 g/mol. The quantitative estimate of drug-likeness (QED) is 0.911. The Balaban J connectivity index is 2.24. The third kappa shape index (κ3) is 2.89. The molecule has 4 heteroatoms. The van der Waals surface area contributed by atoms with Gasteiger partial charge in [-0.25, -0.2) is 0 Å². The van der Waals surface area contributed by atoms with Crippen LogP contribution in [-0.4, -0.2) is 17.8 Å². The van der Waals surface area contributed by atoms with Crippen molar-refractivity contribution in [3.63, 3.8) is 0 Å². The van der Waals surface area contributed by atoms with Crippen LogP contribution in [0.3, 0.4) is 0 Å². The minimum Gasteiger partial charge on any atom is -0.459 e. The summed E-state index contributed by atoms with van der Waals surface area (Å²) in [6, 6.07) is 8.12. The summed E-state index contributed by atoms with van der Waals surface area (Å²) in [5, 5.41) is 13.4. The summed E-state index contributed by atoms with van der Waals surface area (Å²) >= 11 is 3.44. The Labute approximate surface area is 109 Å². The van der Waals surface area contributed by atoms with Crippen molar-refractivity contribution in [2.24, 2.45) is 0 Å². The Bertz CT molecular complexity index is 509. The van der Waals surface area contributed by atoms with Crippen LogP contribution >= 0.6 is 15.9 Å². The number of rotatable bonds is 4. The minimum atomic E-state index is 0.0601. The monoisotopic (exact) mass is 297 g/mol. The average molecular weight is 298 g/mol. The lowest BCUT2D eigenvalue weighted by atomic mass is 10.2. The summed E-state index contributed by atoms with van der Waals surface area (Å²) in [6.45, 7) is 4.09. The van der Waals surface area contributed by atoms with Crippen molar-refractivity contribution in [2.75, 3.05) is 6.61 Å². The molecule has 0 spiro atoms. The zero-order chi connectivity index (χ0) is 12.4. The van der Waals surface area contributed by atoms with Gasteiger partial charge in [0, 0.05) is 15.9 Å². The molecule has 0 amide bonds. The van der Waals surface area contributed by atoms with Gasteiger partial charge in [0.2, 0.25) is 0 Å². The SMILES string of the molecule is CC(CO)NC(C)c1cc2cc(Br)ccc2o1. The molecule has 0 fully saturated rings. The molecule has 1 aromatic heterocycles. The lowest BCUT2D eigenvalue weighted by Gasteiger charge is -2.15. The van der Waals surface area contributed by atoms with E-state index in [9.17, 15) is 0 Å². The van der Waals surface area contributed by atoms with Gasteiger partial charge in [-0.1, -0.05) is 15.9 Å². The third-order valence-corrected chi connectivity index (χ3v) is 3.23. The third-order valence-electron chi connectivity index (χ3n) is 2.73. The number of nitrogens with one attached hydrogen (secondary N) is 1. The molecule has 0 saturated carbocycles. The molecule has 0 bridgehead atoms. The van der Waals surface area contributed by atoms with Gasteiger partial charge in [-0.2, -0.15) is 0 Å². The maximum atomic E-state index is 9.01. The molecule has 2 aromatic rings. The molecule has 2 atom stereocenters. The zero-order valence-corrected chi connectivity index (χ0v) is 11.5. The Morgan fingerprint density at radius 1 is 1.35 bits per heavy atom. The molecule has 17 heavy (non-hydrogen) atoms. The van der Waals surface area contributed by atoms with Gasteiger partial charge in [-0.15, -0.1) is 0 Å². The molecule has 1 heterocycles. The summed E-state index contributed by atoms with van der Waals surface area (Å²) < 4.78 is 6.81. The molecule has 2 N–H and O–H groups in total. The van der Waals surface area contributed by atoms with E-state index in [0.717, 1.165) is 21.2 Å². The van der Waals surface area contributed by atoms with Crippen LogP contribution in [0.4, 0.5) is 0 Å². The summed E-state index contributed by atoms with van der Waals surface area (Å²) in [5.41, 5.74) is 0.883. The van der Waals surface area contributed by atoms with Crippen molar-refractivity contribution in [2.45, 2.75) is 25.9 Å². The van der Waals surface area contributed by atoms with E-state index in [4.69, 9.17) is 9.52 Å². The highest BCUT2D eigenvalue weighted by molar-refractivity contribution is 9.10. The molecule has 2 rings (SSSR count). The Hall–Kier alpha value is -0.840. The van der Waals surface area contributed by atoms with Crippen LogP contribution in [0.1, 0.15) is 25.6 Å². The summed E-state index contributed by atoms with van der Waals surface area (Å²) in [5.74, 6) is 0.887. The predicted octanol–water partition coefficient (Wildman–Crippen LogP) is 3.23. The zero-order valence-electron chi connectivity index (χ0n) is 9.90. The molecule has 0 aliphatic heterocycles. The first-order chi connectivity index (χ1) is 8.10. The van der Waals surface area contributed by atoms with Crippen LogP contribution in [0, 0.1) is 0 Å². The van der Waals surface area contributed by atoms with Crippen molar-refractivity contribution in [3.05, 3.63) is 34.5 Å². The van der Waals surface area contributed by atoms with Gasteiger partial charge in [0.1, 0.15) is 11.3 Å². The summed E-state index contributed by atoms with van der Waals surface area (Å²) in [6.07, 6.45) is 0. The van der Waals surface area contributed by atoms with Gasteiger partial charge < -0.3 is 14.8 Å². The molecule has 0 aliphatic carbocycles. The van der Waals surface area contributed by atoms with E-state index in [1.165, 1.54) is 0 Å². The Morgan fingerprint density at radius 2 is 2.12 bits per heavy atom. The molecule has 1 aromatic carbocycles. The van der Waals surface area contributed by atoms with Crippen molar-refractivity contribution < 1.29 is 9.52 Å². The fourth-order valence-electron chi connectivity index (χ4n) is 1.81. The number of hydrogen-bond acceptors (Lipinski definition) is 3. The number of benzene rings is 1. The number of halogens is 1. The van der Waals surface area contributed by atoms with E-state index in [1.807, 2.05) is 38.1 Å². The topological polar surface area (TPSA) is 45.4 Å². The number of hydrogen-bond donors (Lipinski definition) is 2. The number of fused-ring (bicyclic) bond motifs is 1. The maximum Gasteiger partial charge on any atom is 0.134 e. The molecule has 92 valence electrons. The van der Waals surface area contributed by atoms with Crippen LogP contribution in [0.25, 0.3) is 11.0 Å². The van der Waals surface area contributed by atoms with Gasteiger partial charge in [0.25, 0.3) is 0 Å². The number of aliphatic hydroxyl groups is 1. The standard InChI is InChI=1S/C13H16BrNO2/c1-8(7-16)15-9(2)13-6-10-5-11(14)3-4-12(10)17-13/h3-6,8-9,15-16H,7H2,1-2H3. The van der Waals surface area contributed by atoms with Gasteiger partial charge in [0.15, 0.2) is 0 Å². The fourth-order valence-corrected chi connectivity index (χ4v) is 2.19. The van der Waals surface area contributed by atoms with Crippen molar-refractivity contribution >= 4 is 26.9 Å². The number of furan rings is 1. The van der Waals surface area contributed by atoms with E-state index < -0.39 is 0 Å². The smallest absolute Gasteiger partial charge is 0.134 e. The van der Waals surface area contributed by atoms with Gasteiger partial charge in [-0.05, 0) is 38.1 Å². The first kappa shape index (κ1) is 12.6. The minimum absolute atomic E-state index is 0.0601. The average Bonchev–Trinajstić information content (AvgIpc) is 2.71. The second-order valence-electron chi connectivity index (χ2n) is 4.30. The van der Waals surface area contributed by atoms with Crippen LogP contribution in [0.15, 0.2) is 33.2 Å². The fraction of sp³-hybridized carbons (Fsp3) is 0.385. The molecule has 0 aliphatic rings. The second-order valence-corrected chi connectivity index (χ2v) is 5.22. The first-order valence-electron chi connectivity index (χ1n) is 5.66. The molecular formula is C13H16BrNO2. The van der Waals surface area contributed by atoms with Gasteiger partial charge in [0.05, 0.1) is 12.6 Å². The van der Waals surface area contributed by atoms with Gasteiger partial charge >= 0.3 is 0 Å². The first-order valence-corrected chi connectivity index (χ1v) is 6.45. The van der Waals surface area contributed by atoms with Crippen LogP contribution in [0.2, 0.25) is 0 Å². The molecule has 0 radical (unpaired) electrons. The Kier molecular flexibility index (Phi) is 3.86. The lowest BCUT2D eigenvalue weighted by molar-refractivity contribution is 0.239. The molecule has 2 unspecified atom stereocenters. The lowest BCUT2D eigenvalue weighted by Crippen LogP contribution is -2.31. The second kappa shape index (κ2) is 5.21. The highest BCUT2D eigenvalue weighted by atomic mass is 79.9. The van der Waals surface area contributed by atoms with E-state index >= 15 is 0 Å². The van der Waals surface area contributed by atoms with E-state index in [1.54, 1.807) is 0 Å². The summed E-state index contributed by atoms with van der Waals surface area (Å²) in [7, 11) is 0. The highest BCUT2D eigenvalue weighted by Crippen LogP contribution is 2.26. The summed E-state index contributed by atoms with van der Waals surface area (Å²) in [4.78, 5) is 0. The molecule has 3 nitrogen and oxygen atoms in total. The van der Waals surface area contributed by atoms with Gasteiger partial charge in [-0.3, -0.25) is 0 Å². The van der Waals surface area contributed by atoms with Crippen molar-refractivity contribution in [1.82, 2.24) is 5.32 Å². The predicted molar refractivity (Wildman–Crippen MR) is 72.0 cm³/mol. The normalized spacial score (nSPS) is 15.1. The largest absolute Gasteiger partial charge is 0.459 e. The van der Waals surface area contributed by atoms with E-state index in [2.05, 4.69) is 21.2 Å². The van der Waals surface area contributed by atoms with Crippen LogP contribution < -0.4 is 5.32 Å². The van der Waals surface area contributed by atoms with E-state index in [-0.39, 0.29) is 18.7 Å². The molecule has 0 saturated heterocycles. The van der Waals surface area contributed by atoms with E-state index in [0.29, 0.717) is 0 Å². The highest BCUT2D eigenvalue weighted by Gasteiger charge is 2.13. The Morgan fingerprint density at radius 3 is 2.82 bits per heavy atom. The van der Waals surface area contributed by atoms with Crippen LogP contribution in [0.5, 0.6) is 0 Å². The maximum absolute atomic E-state index is 9.01. The number of aliphatic hydroxyl groups excluding tert-OH is 1. The van der Waals surface area contributed by atoms with Crippen molar-refractivity contribution in [3.8, 4) is 0 Å². The van der Waals surface area contributed by atoms with Crippen molar-refractivity contribution in [1.29, 1.82) is 0 Å². The van der Waals surface area contributed by atoms with Crippen LogP contribution in [-0.2, 0) is 0 Å².